The highest BCUT2D eigenvalue weighted by Gasteiger charge is 2.67. The molecule has 6 rings (SSSR count). The van der Waals surface area contributed by atoms with Gasteiger partial charge in [0.25, 0.3) is 0 Å². The van der Waals surface area contributed by atoms with Crippen molar-refractivity contribution in [3.8, 4) is 0 Å². The third-order valence-electron chi connectivity index (χ3n) is 7.60. The van der Waals surface area contributed by atoms with Crippen molar-refractivity contribution in [1.82, 2.24) is 4.90 Å². The minimum Gasteiger partial charge on any atom is -0.456 e. The molecule has 1 saturated heterocycles. The molecule has 1 aromatic rings. The Morgan fingerprint density at radius 1 is 1.03 bits per heavy atom. The van der Waals surface area contributed by atoms with Crippen LogP contribution in [0, 0.1) is 49.4 Å². The van der Waals surface area contributed by atoms with E-state index in [9.17, 15) is 19.2 Å². The van der Waals surface area contributed by atoms with E-state index < -0.39 is 18.6 Å². The third kappa shape index (κ3) is 2.69. The van der Waals surface area contributed by atoms with E-state index in [1.165, 1.54) is 6.92 Å². The smallest absolute Gasteiger partial charge is 0.329 e. The number of imide groups is 1. The Hall–Kier alpha value is -2.76. The number of ether oxygens (including phenoxy) is 1. The van der Waals surface area contributed by atoms with Gasteiger partial charge in [0.2, 0.25) is 11.8 Å². The summed E-state index contributed by atoms with van der Waals surface area (Å²) in [7, 11) is 0. The Balaban J connectivity index is 1.26. The van der Waals surface area contributed by atoms with Gasteiger partial charge in [0, 0.05) is 5.56 Å². The topological polar surface area (TPSA) is 80.8 Å². The maximum absolute atomic E-state index is 13.1. The lowest BCUT2D eigenvalue weighted by atomic mass is 9.63. The Bertz CT molecular complexity index is 975. The standard InChI is InChI=1S/C24H25NO5/c1-11-4-5-14(8-12(11)2)19(26)10-30-24(29)13(3)25-22(27)20-15-6-7-16(18-9-17(15)18)21(20)23(25)28/h4-8,13,15-18,20-21H,9-10H2,1-3H3/t13-,15+,16+,17+,18+,20-,21+/m0/s1. The summed E-state index contributed by atoms with van der Waals surface area (Å²) in [6.45, 7) is 4.96. The normalized spacial score (nSPS) is 33.9. The minimum atomic E-state index is -1.03. The molecule has 6 heteroatoms. The zero-order valence-electron chi connectivity index (χ0n) is 17.3. The molecular formula is C24H25NO5. The fraction of sp³-hybridized carbons (Fsp3) is 0.500. The number of likely N-dealkylation sites (tertiary alicyclic amines) is 1. The molecule has 0 N–H and O–H groups in total. The monoisotopic (exact) mass is 407 g/mol. The van der Waals surface area contributed by atoms with Crippen LogP contribution in [0.15, 0.2) is 30.4 Å². The highest BCUT2D eigenvalue weighted by atomic mass is 16.5. The molecule has 2 saturated carbocycles. The predicted molar refractivity (Wildman–Crippen MR) is 107 cm³/mol. The fourth-order valence-corrected chi connectivity index (χ4v) is 5.72. The Morgan fingerprint density at radius 2 is 1.63 bits per heavy atom. The average molecular weight is 407 g/mol. The molecule has 1 aromatic carbocycles. The first kappa shape index (κ1) is 19.2. The molecule has 7 atom stereocenters. The van der Waals surface area contributed by atoms with Gasteiger partial charge in [0.15, 0.2) is 12.4 Å². The maximum Gasteiger partial charge on any atom is 0.329 e. The van der Waals surface area contributed by atoms with Crippen LogP contribution in [0.3, 0.4) is 0 Å². The second-order valence-corrected chi connectivity index (χ2v) is 9.21. The number of carbonyl (C=O) groups excluding carboxylic acids is 4. The molecule has 0 spiro atoms. The highest BCUT2D eigenvalue weighted by molar-refractivity contribution is 6.09. The molecule has 1 aliphatic heterocycles. The van der Waals surface area contributed by atoms with Crippen molar-refractivity contribution < 1.29 is 23.9 Å². The van der Waals surface area contributed by atoms with Crippen molar-refractivity contribution in [2.75, 3.05) is 6.61 Å². The van der Waals surface area contributed by atoms with Crippen LogP contribution in [-0.4, -0.2) is 41.1 Å². The Labute approximate surface area is 175 Å². The number of amides is 2. The number of aryl methyl sites for hydroxylation is 2. The van der Waals surface area contributed by atoms with Crippen LogP contribution in [0.1, 0.15) is 34.8 Å². The van der Waals surface area contributed by atoms with E-state index in [0.717, 1.165) is 22.4 Å². The van der Waals surface area contributed by atoms with Crippen molar-refractivity contribution in [2.24, 2.45) is 35.5 Å². The van der Waals surface area contributed by atoms with E-state index in [0.29, 0.717) is 17.4 Å². The number of rotatable bonds is 5. The average Bonchev–Trinajstić information content (AvgIpc) is 3.51. The van der Waals surface area contributed by atoms with Gasteiger partial charge >= 0.3 is 5.97 Å². The van der Waals surface area contributed by atoms with E-state index in [1.54, 1.807) is 12.1 Å². The molecule has 0 aromatic heterocycles. The first-order valence-corrected chi connectivity index (χ1v) is 10.6. The van der Waals surface area contributed by atoms with Crippen molar-refractivity contribution in [2.45, 2.75) is 33.2 Å². The van der Waals surface area contributed by atoms with Crippen LogP contribution in [0.5, 0.6) is 0 Å². The lowest BCUT2D eigenvalue weighted by Crippen LogP contribution is -2.45. The molecule has 1 heterocycles. The Kier molecular flexibility index (Phi) is 4.24. The first-order valence-electron chi connectivity index (χ1n) is 10.6. The van der Waals surface area contributed by atoms with Crippen molar-refractivity contribution in [3.05, 3.63) is 47.0 Å². The lowest BCUT2D eigenvalue weighted by Gasteiger charge is -2.37. The van der Waals surface area contributed by atoms with Crippen molar-refractivity contribution in [3.63, 3.8) is 0 Å². The van der Waals surface area contributed by atoms with E-state index in [1.807, 2.05) is 19.9 Å². The maximum atomic E-state index is 13.1. The number of carbonyl (C=O) groups is 4. The quantitative estimate of drug-likeness (QED) is 0.324. The van der Waals surface area contributed by atoms with Crippen molar-refractivity contribution in [1.29, 1.82) is 0 Å². The summed E-state index contributed by atoms with van der Waals surface area (Å²) in [6, 6.07) is 4.29. The molecule has 3 fully saturated rings. The van der Waals surface area contributed by atoms with Crippen LogP contribution in [0.2, 0.25) is 0 Å². The fourth-order valence-electron chi connectivity index (χ4n) is 5.72. The summed E-state index contributed by atoms with van der Waals surface area (Å²) >= 11 is 0. The number of Topliss-reactive ketones (excluding diaryl/α,β-unsaturated/α-hetero) is 1. The van der Waals surface area contributed by atoms with Crippen LogP contribution in [-0.2, 0) is 19.1 Å². The minimum absolute atomic E-state index is 0.112. The molecule has 2 amide bonds. The summed E-state index contributed by atoms with van der Waals surface area (Å²) in [4.78, 5) is 52.2. The van der Waals surface area contributed by atoms with Crippen LogP contribution in [0.4, 0.5) is 0 Å². The number of hydrogen-bond donors (Lipinski definition) is 0. The van der Waals surface area contributed by atoms with Gasteiger partial charge in [-0.05, 0) is 68.1 Å². The van der Waals surface area contributed by atoms with E-state index in [-0.39, 0.29) is 41.3 Å². The zero-order valence-corrected chi connectivity index (χ0v) is 17.3. The summed E-state index contributed by atoms with van der Waals surface area (Å²) in [6.07, 6.45) is 5.29. The van der Waals surface area contributed by atoms with E-state index in [4.69, 9.17) is 4.74 Å². The van der Waals surface area contributed by atoms with Gasteiger partial charge in [-0.3, -0.25) is 19.3 Å². The van der Waals surface area contributed by atoms with Crippen molar-refractivity contribution >= 4 is 23.6 Å². The number of ketones is 1. The summed E-state index contributed by atoms with van der Waals surface area (Å²) < 4.78 is 5.20. The summed E-state index contributed by atoms with van der Waals surface area (Å²) in [5.74, 6) is -1.01. The second kappa shape index (κ2) is 6.62. The highest BCUT2D eigenvalue weighted by Crippen LogP contribution is 2.65. The zero-order chi connectivity index (χ0) is 21.3. The molecule has 156 valence electrons. The number of hydrogen-bond acceptors (Lipinski definition) is 5. The van der Waals surface area contributed by atoms with Gasteiger partial charge in [-0.1, -0.05) is 24.3 Å². The van der Waals surface area contributed by atoms with Crippen LogP contribution in [0.25, 0.3) is 0 Å². The summed E-state index contributed by atoms with van der Waals surface area (Å²) in [5, 5.41) is 0. The summed E-state index contributed by atoms with van der Waals surface area (Å²) in [5.41, 5.74) is 2.53. The van der Waals surface area contributed by atoms with Crippen LogP contribution < -0.4 is 0 Å². The van der Waals surface area contributed by atoms with E-state index in [2.05, 4.69) is 12.2 Å². The lowest BCUT2D eigenvalue weighted by molar-refractivity contribution is -0.157. The number of allylic oxidation sites excluding steroid dienone is 2. The largest absolute Gasteiger partial charge is 0.456 e. The second-order valence-electron chi connectivity index (χ2n) is 9.21. The van der Waals surface area contributed by atoms with E-state index >= 15 is 0 Å². The molecule has 4 aliphatic carbocycles. The molecule has 0 radical (unpaired) electrons. The number of nitrogens with zero attached hydrogens (tertiary/aromatic N) is 1. The van der Waals surface area contributed by atoms with Crippen LogP contribution >= 0.6 is 0 Å². The predicted octanol–water partition coefficient (Wildman–Crippen LogP) is 2.47. The SMILES string of the molecule is Cc1ccc(C(=O)COC(=O)[C@H](C)N2C(=O)[C@@H]3[C@@H]4C=C[C@H]([C@H]5C[C@H]45)[C@@H]3C2=O)cc1C. The van der Waals surface area contributed by atoms with Gasteiger partial charge in [-0.25, -0.2) is 4.79 Å². The molecule has 0 unspecified atom stereocenters. The van der Waals surface area contributed by atoms with Gasteiger partial charge in [-0.2, -0.15) is 0 Å². The Morgan fingerprint density at radius 3 is 2.20 bits per heavy atom. The number of benzene rings is 1. The molecule has 6 nitrogen and oxygen atoms in total. The van der Waals surface area contributed by atoms with Gasteiger partial charge in [-0.15, -0.1) is 0 Å². The molecule has 5 aliphatic rings. The van der Waals surface area contributed by atoms with Gasteiger partial charge in [0.1, 0.15) is 6.04 Å². The molecular weight excluding hydrogens is 382 g/mol. The third-order valence-corrected chi connectivity index (χ3v) is 7.60. The van der Waals surface area contributed by atoms with Gasteiger partial charge < -0.3 is 4.74 Å². The molecule has 2 bridgehead atoms. The van der Waals surface area contributed by atoms with Gasteiger partial charge in [0.05, 0.1) is 11.8 Å². The number of esters is 1. The first-order chi connectivity index (χ1) is 14.3. The molecule has 30 heavy (non-hydrogen) atoms.